The molecule has 1 atom stereocenters. The fourth-order valence-corrected chi connectivity index (χ4v) is 4.15. The lowest BCUT2D eigenvalue weighted by Crippen LogP contribution is -2.36. The quantitative estimate of drug-likeness (QED) is 0.822. The Morgan fingerprint density at radius 1 is 1.12 bits per heavy atom. The third-order valence-corrected chi connectivity index (χ3v) is 5.98. The van der Waals surface area contributed by atoms with Crippen LogP contribution < -0.4 is 4.72 Å². The number of nitrogens with one attached hydrogen (secondary N) is 1. The van der Waals surface area contributed by atoms with E-state index in [0.717, 1.165) is 29.5 Å². The SMILES string of the molecule is C=C(CC(NS(=O)(=O)c1ccc(C)cc1)C1CC1)c1ccccc1. The summed E-state index contributed by atoms with van der Waals surface area (Å²) >= 11 is 0. The van der Waals surface area contributed by atoms with Crippen LogP contribution in [0.5, 0.6) is 0 Å². The first kappa shape index (κ1) is 16.9. The van der Waals surface area contributed by atoms with E-state index in [1.807, 2.05) is 49.4 Å². The van der Waals surface area contributed by atoms with Crippen LogP contribution in [0.25, 0.3) is 5.57 Å². The normalized spacial score (nSPS) is 15.9. The highest BCUT2D eigenvalue weighted by Crippen LogP contribution is 2.37. The molecule has 3 nitrogen and oxygen atoms in total. The van der Waals surface area contributed by atoms with Crippen molar-refractivity contribution in [3.8, 4) is 0 Å². The summed E-state index contributed by atoms with van der Waals surface area (Å²) in [6.07, 6.45) is 2.78. The van der Waals surface area contributed by atoms with Gasteiger partial charge >= 0.3 is 0 Å². The average Bonchev–Trinajstić information content (AvgIpc) is 3.40. The summed E-state index contributed by atoms with van der Waals surface area (Å²) in [7, 11) is -3.50. The second kappa shape index (κ2) is 6.91. The number of rotatable bonds is 7. The van der Waals surface area contributed by atoms with Gasteiger partial charge in [-0.15, -0.1) is 0 Å². The molecule has 2 aromatic carbocycles. The minimum absolute atomic E-state index is 0.0935. The van der Waals surface area contributed by atoms with Crippen LogP contribution >= 0.6 is 0 Å². The second-order valence-electron chi connectivity index (χ2n) is 6.55. The Morgan fingerprint density at radius 2 is 1.75 bits per heavy atom. The number of sulfonamides is 1. The molecule has 0 saturated heterocycles. The van der Waals surface area contributed by atoms with Crippen LogP contribution in [-0.2, 0) is 10.0 Å². The van der Waals surface area contributed by atoms with Crippen LogP contribution in [-0.4, -0.2) is 14.5 Å². The third kappa shape index (κ3) is 4.13. The molecular formula is C20H23NO2S. The van der Waals surface area contributed by atoms with E-state index in [0.29, 0.717) is 17.2 Å². The fourth-order valence-electron chi connectivity index (χ4n) is 2.85. The van der Waals surface area contributed by atoms with Crippen molar-refractivity contribution in [2.24, 2.45) is 5.92 Å². The van der Waals surface area contributed by atoms with Crippen molar-refractivity contribution in [2.45, 2.75) is 37.1 Å². The summed E-state index contributed by atoms with van der Waals surface area (Å²) in [5.41, 5.74) is 3.09. The maximum atomic E-state index is 12.7. The Labute approximate surface area is 144 Å². The summed E-state index contributed by atoms with van der Waals surface area (Å²) in [6.45, 7) is 6.10. The molecule has 24 heavy (non-hydrogen) atoms. The maximum absolute atomic E-state index is 12.7. The van der Waals surface area contributed by atoms with Crippen LogP contribution in [0.4, 0.5) is 0 Å². The van der Waals surface area contributed by atoms with E-state index in [-0.39, 0.29) is 6.04 Å². The van der Waals surface area contributed by atoms with E-state index in [1.54, 1.807) is 12.1 Å². The monoisotopic (exact) mass is 341 g/mol. The zero-order valence-corrected chi connectivity index (χ0v) is 14.7. The van der Waals surface area contributed by atoms with E-state index in [4.69, 9.17) is 0 Å². The van der Waals surface area contributed by atoms with Crippen LogP contribution in [0.2, 0.25) is 0 Å². The van der Waals surface area contributed by atoms with Crippen LogP contribution in [0.15, 0.2) is 66.1 Å². The van der Waals surface area contributed by atoms with E-state index in [1.165, 1.54) is 0 Å². The van der Waals surface area contributed by atoms with Gasteiger partial charge in [-0.3, -0.25) is 0 Å². The molecule has 1 N–H and O–H groups in total. The van der Waals surface area contributed by atoms with Gasteiger partial charge in [0.05, 0.1) is 4.90 Å². The largest absolute Gasteiger partial charge is 0.240 e. The van der Waals surface area contributed by atoms with Crippen LogP contribution in [0, 0.1) is 12.8 Å². The summed E-state index contributed by atoms with van der Waals surface area (Å²) < 4.78 is 28.2. The molecule has 126 valence electrons. The number of hydrogen-bond acceptors (Lipinski definition) is 2. The topological polar surface area (TPSA) is 46.2 Å². The first-order valence-corrected chi connectivity index (χ1v) is 9.76. The molecule has 0 aliphatic heterocycles. The molecule has 1 saturated carbocycles. The van der Waals surface area contributed by atoms with Gasteiger partial charge in [0.25, 0.3) is 0 Å². The van der Waals surface area contributed by atoms with Crippen molar-refractivity contribution >= 4 is 15.6 Å². The van der Waals surface area contributed by atoms with Gasteiger partial charge in [0.15, 0.2) is 0 Å². The summed E-state index contributed by atoms with van der Waals surface area (Å²) in [5.74, 6) is 0.408. The minimum atomic E-state index is -3.50. The van der Waals surface area contributed by atoms with E-state index in [2.05, 4.69) is 11.3 Å². The molecule has 4 heteroatoms. The fraction of sp³-hybridized carbons (Fsp3) is 0.300. The van der Waals surface area contributed by atoms with Gasteiger partial charge in [-0.2, -0.15) is 0 Å². The Bertz CT molecular complexity index is 806. The third-order valence-electron chi connectivity index (χ3n) is 4.48. The predicted octanol–water partition coefficient (Wildman–Crippen LogP) is 4.16. The van der Waals surface area contributed by atoms with E-state index in [9.17, 15) is 8.42 Å². The lowest BCUT2D eigenvalue weighted by Gasteiger charge is -2.20. The molecule has 0 bridgehead atoms. The van der Waals surface area contributed by atoms with Crippen LogP contribution in [0.1, 0.15) is 30.4 Å². The molecule has 2 aromatic rings. The van der Waals surface area contributed by atoms with E-state index >= 15 is 0 Å². The number of aryl methyl sites for hydroxylation is 1. The molecule has 0 radical (unpaired) electrons. The summed E-state index contributed by atoms with van der Waals surface area (Å²) in [5, 5.41) is 0. The highest BCUT2D eigenvalue weighted by Gasteiger charge is 2.34. The molecule has 0 aromatic heterocycles. The van der Waals surface area contributed by atoms with Gasteiger partial charge in [-0.05, 0) is 55.4 Å². The second-order valence-corrected chi connectivity index (χ2v) is 8.27. The van der Waals surface area contributed by atoms with Gasteiger partial charge in [-0.1, -0.05) is 54.6 Å². The molecule has 1 unspecified atom stereocenters. The lowest BCUT2D eigenvalue weighted by molar-refractivity contribution is 0.520. The average molecular weight is 341 g/mol. The first-order chi connectivity index (χ1) is 11.5. The molecular weight excluding hydrogens is 318 g/mol. The van der Waals surface area contributed by atoms with Crippen molar-refractivity contribution in [3.63, 3.8) is 0 Å². The number of benzene rings is 2. The minimum Gasteiger partial charge on any atom is -0.207 e. The van der Waals surface area contributed by atoms with Crippen molar-refractivity contribution in [1.29, 1.82) is 0 Å². The maximum Gasteiger partial charge on any atom is 0.240 e. The van der Waals surface area contributed by atoms with Gasteiger partial charge in [0.1, 0.15) is 0 Å². The molecule has 1 fully saturated rings. The van der Waals surface area contributed by atoms with Gasteiger partial charge in [0, 0.05) is 6.04 Å². The zero-order valence-electron chi connectivity index (χ0n) is 13.9. The van der Waals surface area contributed by atoms with Gasteiger partial charge < -0.3 is 0 Å². The van der Waals surface area contributed by atoms with Crippen molar-refractivity contribution in [3.05, 3.63) is 72.3 Å². The highest BCUT2D eigenvalue weighted by molar-refractivity contribution is 7.89. The van der Waals surface area contributed by atoms with Crippen LogP contribution in [0.3, 0.4) is 0 Å². The molecule has 0 heterocycles. The first-order valence-electron chi connectivity index (χ1n) is 8.28. The number of hydrogen-bond donors (Lipinski definition) is 1. The lowest BCUT2D eigenvalue weighted by atomic mass is 9.98. The van der Waals surface area contributed by atoms with Gasteiger partial charge in [0.2, 0.25) is 10.0 Å². The Balaban J connectivity index is 1.74. The zero-order chi connectivity index (χ0) is 17.2. The smallest absolute Gasteiger partial charge is 0.207 e. The highest BCUT2D eigenvalue weighted by atomic mass is 32.2. The van der Waals surface area contributed by atoms with Gasteiger partial charge in [-0.25, -0.2) is 13.1 Å². The van der Waals surface area contributed by atoms with Crippen molar-refractivity contribution in [1.82, 2.24) is 4.72 Å². The Kier molecular flexibility index (Phi) is 4.88. The van der Waals surface area contributed by atoms with E-state index < -0.39 is 10.0 Å². The summed E-state index contributed by atoms with van der Waals surface area (Å²) in [4.78, 5) is 0.323. The predicted molar refractivity (Wildman–Crippen MR) is 98.1 cm³/mol. The molecule has 1 aliphatic carbocycles. The standard InChI is InChI=1S/C20H23NO2S/c1-15-8-12-19(13-9-15)24(22,23)21-20(18-10-11-18)14-16(2)17-6-4-3-5-7-17/h3-9,12-13,18,20-21H,2,10-11,14H2,1H3. The molecule has 1 aliphatic rings. The summed E-state index contributed by atoms with van der Waals surface area (Å²) in [6, 6.07) is 16.8. The van der Waals surface area contributed by atoms with Crippen molar-refractivity contribution in [2.75, 3.05) is 0 Å². The van der Waals surface area contributed by atoms with Crippen molar-refractivity contribution < 1.29 is 8.42 Å². The molecule has 3 rings (SSSR count). The Hall–Kier alpha value is -1.91. The molecule has 0 amide bonds. The molecule has 0 spiro atoms. The Morgan fingerprint density at radius 3 is 2.33 bits per heavy atom.